The van der Waals surface area contributed by atoms with Crippen LogP contribution < -0.4 is 0 Å². The molecule has 1 aliphatic heterocycles. The van der Waals surface area contributed by atoms with Gasteiger partial charge in [0.2, 0.25) is 0 Å². The van der Waals surface area contributed by atoms with Crippen LogP contribution in [-0.4, -0.2) is 24.8 Å². The van der Waals surface area contributed by atoms with Crippen molar-refractivity contribution in [2.45, 2.75) is 13.3 Å². The summed E-state index contributed by atoms with van der Waals surface area (Å²) in [6.45, 7) is 1.67. The fourth-order valence-corrected chi connectivity index (χ4v) is 0.996. The summed E-state index contributed by atoms with van der Waals surface area (Å²) in [4.78, 5) is 32.8. The highest BCUT2D eigenvalue weighted by Gasteiger charge is 2.38. The Balaban J connectivity index is 3.07. The van der Waals surface area contributed by atoms with Crippen molar-refractivity contribution in [1.29, 1.82) is 0 Å². The summed E-state index contributed by atoms with van der Waals surface area (Å²) < 4.78 is 8.88. The first kappa shape index (κ1) is 9.44. The molecule has 0 aromatic heterocycles. The highest BCUT2D eigenvalue weighted by molar-refractivity contribution is 6.48. The van der Waals surface area contributed by atoms with Crippen molar-refractivity contribution in [3.05, 3.63) is 11.3 Å². The molecule has 1 rings (SSSR count). The fourth-order valence-electron chi connectivity index (χ4n) is 0.996. The van der Waals surface area contributed by atoms with Gasteiger partial charge in [0.05, 0.1) is 7.11 Å². The van der Waals surface area contributed by atoms with E-state index in [1.807, 2.05) is 0 Å². The smallest absolute Gasteiger partial charge is 0.385 e. The van der Waals surface area contributed by atoms with Crippen molar-refractivity contribution in [3.63, 3.8) is 0 Å². The predicted octanol–water partition coefficient (Wildman–Crippen LogP) is -0.0506. The van der Waals surface area contributed by atoms with E-state index in [1.165, 1.54) is 0 Å². The summed E-state index contributed by atoms with van der Waals surface area (Å²) in [5.41, 5.74) is -0.282. The Morgan fingerprint density at radius 1 is 1.46 bits per heavy atom. The lowest BCUT2D eigenvalue weighted by molar-refractivity contribution is -0.147. The molecule has 1 heterocycles. The number of Topliss-reactive ketones (excluding diaryl/α,β-unsaturated/α-hetero) is 1. The van der Waals surface area contributed by atoms with Gasteiger partial charge in [0.15, 0.2) is 5.57 Å². The van der Waals surface area contributed by atoms with Gasteiger partial charge in [-0.25, -0.2) is 9.59 Å². The second-order valence-electron chi connectivity index (χ2n) is 2.36. The molecular formula is C8H8O5. The number of esters is 2. The molecule has 0 amide bonds. The molecule has 0 aliphatic carbocycles. The van der Waals surface area contributed by atoms with Crippen LogP contribution in [0.4, 0.5) is 0 Å². The van der Waals surface area contributed by atoms with Crippen LogP contribution in [0.25, 0.3) is 0 Å². The third-order valence-electron chi connectivity index (χ3n) is 1.62. The van der Waals surface area contributed by atoms with Gasteiger partial charge < -0.3 is 9.47 Å². The Kier molecular flexibility index (Phi) is 2.46. The monoisotopic (exact) mass is 184 g/mol. The maximum Gasteiger partial charge on any atom is 0.385 e. The molecule has 0 unspecified atom stereocenters. The highest BCUT2D eigenvalue weighted by Crippen LogP contribution is 2.20. The summed E-state index contributed by atoms with van der Waals surface area (Å²) in [5.74, 6) is -2.68. The van der Waals surface area contributed by atoms with Crippen molar-refractivity contribution >= 4 is 17.7 Å². The van der Waals surface area contributed by atoms with Gasteiger partial charge in [0, 0.05) is 6.42 Å². The molecular weight excluding hydrogens is 176 g/mol. The fraction of sp³-hybridized carbons (Fsp3) is 0.375. The van der Waals surface area contributed by atoms with E-state index in [9.17, 15) is 14.4 Å². The lowest BCUT2D eigenvalue weighted by atomic mass is 10.1. The van der Waals surface area contributed by atoms with Crippen molar-refractivity contribution < 1.29 is 23.9 Å². The van der Waals surface area contributed by atoms with Gasteiger partial charge in [-0.15, -0.1) is 0 Å². The molecule has 0 saturated carbocycles. The van der Waals surface area contributed by atoms with E-state index in [0.29, 0.717) is 6.42 Å². The average molecular weight is 184 g/mol. The van der Waals surface area contributed by atoms with E-state index < -0.39 is 17.7 Å². The van der Waals surface area contributed by atoms with Gasteiger partial charge in [0.25, 0.3) is 5.78 Å². The summed E-state index contributed by atoms with van der Waals surface area (Å²) in [5, 5.41) is 0. The van der Waals surface area contributed by atoms with E-state index in [1.54, 1.807) is 6.92 Å². The van der Waals surface area contributed by atoms with Crippen LogP contribution in [0.3, 0.4) is 0 Å². The minimum absolute atomic E-state index is 0.0850. The van der Waals surface area contributed by atoms with Crippen LogP contribution >= 0.6 is 0 Å². The maximum atomic E-state index is 11.0. The maximum absolute atomic E-state index is 11.0. The van der Waals surface area contributed by atoms with E-state index in [4.69, 9.17) is 0 Å². The van der Waals surface area contributed by atoms with Crippen LogP contribution in [0, 0.1) is 0 Å². The molecule has 5 heteroatoms. The van der Waals surface area contributed by atoms with Crippen LogP contribution in [0.15, 0.2) is 11.3 Å². The quantitative estimate of drug-likeness (QED) is 0.342. The van der Waals surface area contributed by atoms with Crippen LogP contribution in [-0.2, 0) is 23.9 Å². The number of rotatable bonds is 2. The molecule has 0 saturated heterocycles. The highest BCUT2D eigenvalue weighted by atomic mass is 16.6. The lowest BCUT2D eigenvalue weighted by Crippen LogP contribution is -2.16. The molecule has 0 atom stereocenters. The zero-order chi connectivity index (χ0) is 10.0. The number of hydrogen-bond donors (Lipinski definition) is 0. The third kappa shape index (κ3) is 1.44. The van der Waals surface area contributed by atoms with Crippen LogP contribution in [0.5, 0.6) is 0 Å². The number of allylic oxidation sites excluding steroid dienone is 1. The summed E-state index contributed by atoms with van der Waals surface area (Å²) in [6.07, 6.45) is 0.307. The Morgan fingerprint density at radius 2 is 2.08 bits per heavy atom. The molecule has 0 bridgehead atoms. The Labute approximate surface area is 74.3 Å². The normalized spacial score (nSPS) is 16.2. The summed E-state index contributed by atoms with van der Waals surface area (Å²) in [6, 6.07) is 0. The Hall–Kier alpha value is -1.65. The first-order valence-electron chi connectivity index (χ1n) is 3.69. The zero-order valence-corrected chi connectivity index (χ0v) is 7.25. The van der Waals surface area contributed by atoms with Crippen molar-refractivity contribution in [2.24, 2.45) is 0 Å². The van der Waals surface area contributed by atoms with Crippen molar-refractivity contribution in [3.8, 4) is 0 Å². The zero-order valence-electron chi connectivity index (χ0n) is 7.25. The van der Waals surface area contributed by atoms with Gasteiger partial charge in [-0.1, -0.05) is 6.92 Å². The van der Waals surface area contributed by atoms with E-state index >= 15 is 0 Å². The van der Waals surface area contributed by atoms with E-state index in [0.717, 1.165) is 7.11 Å². The molecule has 0 radical (unpaired) electrons. The number of methoxy groups -OCH3 is 1. The van der Waals surface area contributed by atoms with E-state index in [2.05, 4.69) is 9.47 Å². The minimum Gasteiger partial charge on any atom is -0.465 e. The van der Waals surface area contributed by atoms with Crippen molar-refractivity contribution in [1.82, 2.24) is 0 Å². The van der Waals surface area contributed by atoms with Gasteiger partial charge in [-0.05, 0) is 0 Å². The SMILES string of the molecule is CCC1=C(C(=O)OC)C(=O)C(=O)O1. The van der Waals surface area contributed by atoms with Gasteiger partial charge in [-0.3, -0.25) is 4.79 Å². The Bertz CT molecular complexity index is 312. The molecule has 13 heavy (non-hydrogen) atoms. The number of carbonyl (C=O) groups is 3. The number of carbonyl (C=O) groups excluding carboxylic acids is 3. The molecule has 70 valence electrons. The van der Waals surface area contributed by atoms with Gasteiger partial charge in [0.1, 0.15) is 5.76 Å². The number of hydrogen-bond acceptors (Lipinski definition) is 5. The average Bonchev–Trinajstić information content (AvgIpc) is 2.42. The Morgan fingerprint density at radius 3 is 2.54 bits per heavy atom. The van der Waals surface area contributed by atoms with Gasteiger partial charge in [-0.2, -0.15) is 0 Å². The molecule has 0 aromatic rings. The standard InChI is InChI=1S/C8H8O5/c1-3-4-5(7(10)12-2)6(9)8(11)13-4/h3H2,1-2H3. The molecule has 0 fully saturated rings. The van der Waals surface area contributed by atoms with Crippen LogP contribution in [0.1, 0.15) is 13.3 Å². The molecule has 1 aliphatic rings. The minimum atomic E-state index is -1.02. The second kappa shape index (κ2) is 3.38. The predicted molar refractivity (Wildman–Crippen MR) is 40.4 cm³/mol. The molecule has 5 nitrogen and oxygen atoms in total. The molecule has 0 spiro atoms. The van der Waals surface area contributed by atoms with E-state index in [-0.39, 0.29) is 11.3 Å². The summed E-state index contributed by atoms with van der Waals surface area (Å²) >= 11 is 0. The number of cyclic esters (lactones) is 1. The van der Waals surface area contributed by atoms with Crippen molar-refractivity contribution in [2.75, 3.05) is 7.11 Å². The molecule has 0 aromatic carbocycles. The molecule has 0 N–H and O–H groups in total. The number of ether oxygens (including phenoxy) is 2. The lowest BCUT2D eigenvalue weighted by Gasteiger charge is -1.97. The first-order chi connectivity index (χ1) is 6.11. The van der Waals surface area contributed by atoms with Crippen LogP contribution in [0.2, 0.25) is 0 Å². The third-order valence-corrected chi connectivity index (χ3v) is 1.62. The first-order valence-corrected chi connectivity index (χ1v) is 3.69. The topological polar surface area (TPSA) is 69.7 Å². The van der Waals surface area contributed by atoms with Gasteiger partial charge >= 0.3 is 11.9 Å². The number of ketones is 1. The largest absolute Gasteiger partial charge is 0.465 e. The second-order valence-corrected chi connectivity index (χ2v) is 2.36. The summed E-state index contributed by atoms with van der Waals surface area (Å²) in [7, 11) is 1.14.